The van der Waals surface area contributed by atoms with Crippen LogP contribution < -0.4 is 0 Å². The number of hydrogen-bond donors (Lipinski definition) is 0. The van der Waals surface area contributed by atoms with E-state index in [-0.39, 0.29) is 0 Å². The van der Waals surface area contributed by atoms with Gasteiger partial charge in [-0.05, 0) is 49.8 Å². The first-order valence-corrected chi connectivity index (χ1v) is 8.35. The molecule has 0 saturated carbocycles. The summed E-state index contributed by atoms with van der Waals surface area (Å²) >= 11 is 0. The fraction of sp³-hybridized carbons (Fsp3) is 0.400. The van der Waals surface area contributed by atoms with Crippen LogP contribution in [0.1, 0.15) is 46.0 Å². The summed E-state index contributed by atoms with van der Waals surface area (Å²) in [5, 5.41) is 0. The van der Waals surface area contributed by atoms with E-state index in [1.165, 1.54) is 32.1 Å². The highest BCUT2D eigenvalue weighted by atomic mass is 14.8. The van der Waals surface area contributed by atoms with Crippen molar-refractivity contribution in [3.05, 3.63) is 54.6 Å². The highest BCUT2D eigenvalue weighted by Crippen LogP contribution is 2.13. The van der Waals surface area contributed by atoms with Crippen LogP contribution in [0.5, 0.6) is 0 Å². The van der Waals surface area contributed by atoms with Gasteiger partial charge in [-0.3, -0.25) is 4.99 Å². The molecule has 0 spiro atoms. The molecule has 0 amide bonds. The predicted octanol–water partition coefficient (Wildman–Crippen LogP) is 5.69. The second-order valence-corrected chi connectivity index (χ2v) is 5.79. The van der Waals surface area contributed by atoms with E-state index in [9.17, 15) is 0 Å². The van der Waals surface area contributed by atoms with E-state index in [4.69, 9.17) is 4.99 Å². The maximum absolute atomic E-state index is 4.76. The first-order chi connectivity index (χ1) is 10.8. The standard InChI is InChI=1S/C20H26N2/c1-3-4-5-7-10-17(2)21-19-13-15-20(16-14-19)22-18-11-8-6-9-12-18/h6,8-9,11-17H,3-5,7,10H2,1-2H3. The molecule has 0 bridgehead atoms. The highest BCUT2D eigenvalue weighted by molar-refractivity contribution is 6.19. The molecular weight excluding hydrogens is 268 g/mol. The van der Waals surface area contributed by atoms with Gasteiger partial charge in [-0.1, -0.05) is 50.8 Å². The van der Waals surface area contributed by atoms with Crippen molar-refractivity contribution in [3.8, 4) is 0 Å². The molecule has 0 radical (unpaired) electrons. The summed E-state index contributed by atoms with van der Waals surface area (Å²) in [6.07, 6.45) is 14.6. The fourth-order valence-electron chi connectivity index (χ4n) is 2.45. The van der Waals surface area contributed by atoms with Gasteiger partial charge in [0.2, 0.25) is 0 Å². The third-order valence-electron chi connectivity index (χ3n) is 3.71. The van der Waals surface area contributed by atoms with E-state index in [0.717, 1.165) is 17.1 Å². The van der Waals surface area contributed by atoms with Gasteiger partial charge in [-0.15, -0.1) is 0 Å². The maximum Gasteiger partial charge on any atom is 0.0638 e. The van der Waals surface area contributed by atoms with Crippen LogP contribution in [-0.4, -0.2) is 17.5 Å². The number of rotatable bonds is 7. The third-order valence-corrected chi connectivity index (χ3v) is 3.71. The summed E-state index contributed by atoms with van der Waals surface area (Å²) in [7, 11) is 0. The van der Waals surface area contributed by atoms with Gasteiger partial charge < -0.3 is 0 Å². The monoisotopic (exact) mass is 294 g/mol. The SMILES string of the molecule is CCCCCCC(C)N=C1C=CC(=Nc2ccccc2)C=C1. The number of aliphatic imine (C=N–C) groups is 2. The topological polar surface area (TPSA) is 24.7 Å². The number of para-hydroxylation sites is 1. The highest BCUT2D eigenvalue weighted by Gasteiger charge is 2.03. The molecule has 1 unspecified atom stereocenters. The van der Waals surface area contributed by atoms with Gasteiger partial charge in [0.15, 0.2) is 0 Å². The minimum Gasteiger partial charge on any atom is -0.282 e. The van der Waals surface area contributed by atoms with Crippen molar-refractivity contribution in [2.24, 2.45) is 9.98 Å². The number of unbranched alkanes of at least 4 members (excludes halogenated alkanes) is 3. The van der Waals surface area contributed by atoms with Gasteiger partial charge in [0.1, 0.15) is 0 Å². The molecule has 0 heterocycles. The van der Waals surface area contributed by atoms with Crippen LogP contribution in [0.25, 0.3) is 0 Å². The van der Waals surface area contributed by atoms with E-state index in [1.807, 2.05) is 42.5 Å². The zero-order valence-corrected chi connectivity index (χ0v) is 13.7. The van der Waals surface area contributed by atoms with Crippen molar-refractivity contribution >= 4 is 17.1 Å². The van der Waals surface area contributed by atoms with E-state index in [2.05, 4.69) is 31.0 Å². The van der Waals surface area contributed by atoms with E-state index in [0.29, 0.717) is 6.04 Å². The molecule has 2 rings (SSSR count). The first kappa shape index (κ1) is 16.4. The van der Waals surface area contributed by atoms with Crippen LogP contribution in [0.3, 0.4) is 0 Å². The smallest absolute Gasteiger partial charge is 0.0638 e. The molecule has 1 atom stereocenters. The first-order valence-electron chi connectivity index (χ1n) is 8.35. The molecule has 1 aliphatic carbocycles. The van der Waals surface area contributed by atoms with Gasteiger partial charge in [0.25, 0.3) is 0 Å². The molecular formula is C20H26N2. The molecule has 2 nitrogen and oxygen atoms in total. The van der Waals surface area contributed by atoms with Crippen molar-refractivity contribution in [1.29, 1.82) is 0 Å². The summed E-state index contributed by atoms with van der Waals surface area (Å²) in [6.45, 7) is 4.45. The van der Waals surface area contributed by atoms with E-state index >= 15 is 0 Å². The van der Waals surface area contributed by atoms with Crippen LogP contribution >= 0.6 is 0 Å². The van der Waals surface area contributed by atoms with Crippen LogP contribution in [0.2, 0.25) is 0 Å². The number of benzene rings is 1. The molecule has 0 aliphatic heterocycles. The Labute approximate surface area is 134 Å². The normalized spacial score (nSPS) is 15.0. The van der Waals surface area contributed by atoms with Crippen molar-refractivity contribution in [3.63, 3.8) is 0 Å². The van der Waals surface area contributed by atoms with Gasteiger partial charge in [0, 0.05) is 6.04 Å². The zero-order valence-electron chi connectivity index (χ0n) is 13.7. The average molecular weight is 294 g/mol. The lowest BCUT2D eigenvalue weighted by atomic mass is 10.1. The van der Waals surface area contributed by atoms with E-state index in [1.54, 1.807) is 0 Å². The van der Waals surface area contributed by atoms with Crippen molar-refractivity contribution in [2.75, 3.05) is 0 Å². The summed E-state index contributed by atoms with van der Waals surface area (Å²) in [5.74, 6) is 0. The van der Waals surface area contributed by atoms with Crippen LogP contribution in [-0.2, 0) is 0 Å². The molecule has 0 fully saturated rings. The van der Waals surface area contributed by atoms with Crippen LogP contribution in [0.15, 0.2) is 64.6 Å². The molecule has 0 N–H and O–H groups in total. The molecule has 0 aromatic heterocycles. The Morgan fingerprint density at radius 1 is 0.864 bits per heavy atom. The van der Waals surface area contributed by atoms with Gasteiger partial charge in [-0.2, -0.15) is 0 Å². The van der Waals surface area contributed by atoms with Crippen molar-refractivity contribution in [2.45, 2.75) is 52.0 Å². The van der Waals surface area contributed by atoms with Gasteiger partial charge >= 0.3 is 0 Å². The lowest BCUT2D eigenvalue weighted by molar-refractivity contribution is 0.577. The number of nitrogens with zero attached hydrogens (tertiary/aromatic N) is 2. The van der Waals surface area contributed by atoms with Gasteiger partial charge in [-0.25, -0.2) is 4.99 Å². The Bertz CT molecular complexity index is 547. The van der Waals surface area contributed by atoms with Crippen molar-refractivity contribution < 1.29 is 0 Å². The molecule has 116 valence electrons. The average Bonchev–Trinajstić information content (AvgIpc) is 2.54. The summed E-state index contributed by atoms with van der Waals surface area (Å²) in [5.41, 5.74) is 3.01. The molecule has 2 heteroatoms. The Hall–Kier alpha value is -1.96. The summed E-state index contributed by atoms with van der Waals surface area (Å²) in [4.78, 5) is 9.35. The maximum atomic E-state index is 4.76. The quantitative estimate of drug-likeness (QED) is 0.456. The second kappa shape index (κ2) is 9.14. The molecule has 1 aliphatic rings. The lowest BCUT2D eigenvalue weighted by Crippen LogP contribution is -2.05. The van der Waals surface area contributed by atoms with E-state index < -0.39 is 0 Å². The lowest BCUT2D eigenvalue weighted by Gasteiger charge is -2.09. The molecule has 0 saturated heterocycles. The largest absolute Gasteiger partial charge is 0.282 e. The molecule has 1 aromatic carbocycles. The molecule has 1 aromatic rings. The minimum absolute atomic E-state index is 0.397. The Morgan fingerprint density at radius 2 is 1.55 bits per heavy atom. The Balaban J connectivity index is 1.87. The Kier molecular flexibility index (Phi) is 6.82. The van der Waals surface area contributed by atoms with Crippen LogP contribution in [0, 0.1) is 0 Å². The van der Waals surface area contributed by atoms with Gasteiger partial charge in [0.05, 0.1) is 17.1 Å². The Morgan fingerprint density at radius 3 is 2.23 bits per heavy atom. The summed E-state index contributed by atoms with van der Waals surface area (Å²) < 4.78 is 0. The zero-order chi connectivity index (χ0) is 15.6. The fourth-order valence-corrected chi connectivity index (χ4v) is 2.45. The van der Waals surface area contributed by atoms with Crippen LogP contribution in [0.4, 0.5) is 5.69 Å². The van der Waals surface area contributed by atoms with Crippen molar-refractivity contribution in [1.82, 2.24) is 0 Å². The predicted molar refractivity (Wildman–Crippen MR) is 97.5 cm³/mol. The minimum atomic E-state index is 0.397. The molecule has 22 heavy (non-hydrogen) atoms. The third kappa shape index (κ3) is 5.80. The second-order valence-electron chi connectivity index (χ2n) is 5.79. The summed E-state index contributed by atoms with van der Waals surface area (Å²) in [6, 6.07) is 10.4. The number of allylic oxidation sites excluding steroid dienone is 4. The number of hydrogen-bond acceptors (Lipinski definition) is 2.